The molecule has 0 spiro atoms. The molecule has 1 aromatic carbocycles. The number of nitrogens with zero attached hydrogens (tertiary/aromatic N) is 1. The Bertz CT molecular complexity index is 418. The molecule has 1 aromatic rings. The van der Waals surface area contributed by atoms with Gasteiger partial charge in [0.15, 0.2) is 0 Å². The molecule has 16 heavy (non-hydrogen) atoms. The average molecular weight is 285 g/mol. The number of hydrogen-bond acceptors (Lipinski definition) is 3. The van der Waals surface area contributed by atoms with Crippen molar-refractivity contribution in [1.82, 2.24) is 10.2 Å². The van der Waals surface area contributed by atoms with Gasteiger partial charge in [-0.05, 0) is 18.2 Å². The summed E-state index contributed by atoms with van der Waals surface area (Å²) in [5.74, 6) is -0.130. The van der Waals surface area contributed by atoms with Gasteiger partial charge in [0, 0.05) is 24.6 Å². The van der Waals surface area contributed by atoms with Crippen molar-refractivity contribution in [2.24, 2.45) is 0 Å². The lowest BCUT2D eigenvalue weighted by Crippen LogP contribution is -2.57. The van der Waals surface area contributed by atoms with Crippen LogP contribution in [0.5, 0.6) is 5.75 Å². The largest absolute Gasteiger partial charge is 0.507 e. The number of phenolic OH excluding ortho intramolecular Hbond substituents is 1. The molecule has 86 valence electrons. The van der Waals surface area contributed by atoms with Crippen LogP contribution < -0.4 is 5.32 Å². The third kappa shape index (κ3) is 2.05. The van der Waals surface area contributed by atoms with Crippen LogP contribution in [-0.4, -0.2) is 42.1 Å². The standard InChI is InChI=1S/C11H13BrN2O2/c1-14(8-5-13-6-8)11(16)9-3-2-7(12)4-10(9)15/h2-4,8,13,15H,5-6H2,1H3. The van der Waals surface area contributed by atoms with E-state index in [-0.39, 0.29) is 17.7 Å². The zero-order valence-electron chi connectivity index (χ0n) is 8.90. The normalized spacial score (nSPS) is 15.6. The third-order valence-electron chi connectivity index (χ3n) is 2.82. The predicted octanol–water partition coefficient (Wildman–Crippen LogP) is 1.20. The van der Waals surface area contributed by atoms with Gasteiger partial charge < -0.3 is 15.3 Å². The van der Waals surface area contributed by atoms with Crippen molar-refractivity contribution >= 4 is 21.8 Å². The number of likely N-dealkylation sites (N-methyl/N-ethyl adjacent to an activating group) is 1. The number of aromatic hydroxyl groups is 1. The van der Waals surface area contributed by atoms with Crippen molar-refractivity contribution in [1.29, 1.82) is 0 Å². The van der Waals surface area contributed by atoms with Gasteiger partial charge in [-0.1, -0.05) is 15.9 Å². The molecule has 5 heteroatoms. The van der Waals surface area contributed by atoms with Crippen LogP contribution >= 0.6 is 15.9 Å². The Labute approximate surface area is 102 Å². The molecule has 1 fully saturated rings. The van der Waals surface area contributed by atoms with Gasteiger partial charge >= 0.3 is 0 Å². The zero-order valence-corrected chi connectivity index (χ0v) is 10.5. The Hall–Kier alpha value is -1.07. The molecular weight excluding hydrogens is 272 g/mol. The predicted molar refractivity (Wildman–Crippen MR) is 64.6 cm³/mol. The second kappa shape index (κ2) is 4.43. The Kier molecular flexibility index (Phi) is 3.16. The molecule has 0 saturated carbocycles. The van der Waals surface area contributed by atoms with Gasteiger partial charge in [-0.2, -0.15) is 0 Å². The van der Waals surface area contributed by atoms with Crippen LogP contribution in [0.25, 0.3) is 0 Å². The fraction of sp³-hybridized carbons (Fsp3) is 0.364. The molecule has 2 N–H and O–H groups in total. The number of nitrogens with one attached hydrogen (secondary N) is 1. The Morgan fingerprint density at radius 3 is 2.75 bits per heavy atom. The maximum atomic E-state index is 12.0. The maximum Gasteiger partial charge on any atom is 0.257 e. The first-order chi connectivity index (χ1) is 7.59. The zero-order chi connectivity index (χ0) is 11.7. The van der Waals surface area contributed by atoms with E-state index in [0.717, 1.165) is 17.6 Å². The van der Waals surface area contributed by atoms with E-state index in [0.29, 0.717) is 5.56 Å². The van der Waals surface area contributed by atoms with E-state index in [9.17, 15) is 9.90 Å². The van der Waals surface area contributed by atoms with Gasteiger partial charge in [-0.3, -0.25) is 4.79 Å². The monoisotopic (exact) mass is 284 g/mol. The van der Waals surface area contributed by atoms with Gasteiger partial charge in [0.1, 0.15) is 5.75 Å². The molecule has 4 nitrogen and oxygen atoms in total. The van der Waals surface area contributed by atoms with E-state index < -0.39 is 0 Å². The van der Waals surface area contributed by atoms with E-state index in [1.807, 2.05) is 0 Å². The number of carbonyl (C=O) groups excluding carboxylic acids is 1. The number of carbonyl (C=O) groups is 1. The van der Waals surface area contributed by atoms with Crippen LogP contribution in [0.4, 0.5) is 0 Å². The first kappa shape index (κ1) is 11.4. The summed E-state index contributed by atoms with van der Waals surface area (Å²) < 4.78 is 0.759. The molecule has 0 bridgehead atoms. The third-order valence-corrected chi connectivity index (χ3v) is 3.31. The van der Waals surface area contributed by atoms with Gasteiger partial charge in [0.05, 0.1) is 11.6 Å². The summed E-state index contributed by atoms with van der Waals surface area (Å²) in [5.41, 5.74) is 0.345. The number of hydrogen-bond donors (Lipinski definition) is 2. The highest BCUT2D eigenvalue weighted by Crippen LogP contribution is 2.24. The van der Waals surface area contributed by atoms with Crippen LogP contribution in [0.1, 0.15) is 10.4 Å². The van der Waals surface area contributed by atoms with Crippen LogP contribution in [0.3, 0.4) is 0 Å². The van der Waals surface area contributed by atoms with Crippen LogP contribution in [0.2, 0.25) is 0 Å². The first-order valence-electron chi connectivity index (χ1n) is 5.06. The minimum Gasteiger partial charge on any atom is -0.507 e. The van der Waals surface area contributed by atoms with Crippen molar-refractivity contribution in [3.05, 3.63) is 28.2 Å². The lowest BCUT2D eigenvalue weighted by atomic mass is 10.1. The summed E-state index contributed by atoms with van der Waals surface area (Å²) >= 11 is 3.24. The molecule has 2 rings (SSSR count). The molecule has 0 aliphatic carbocycles. The second-order valence-corrected chi connectivity index (χ2v) is 4.81. The van der Waals surface area contributed by atoms with E-state index in [1.54, 1.807) is 24.1 Å². The van der Waals surface area contributed by atoms with Crippen molar-refractivity contribution in [3.63, 3.8) is 0 Å². The van der Waals surface area contributed by atoms with E-state index in [4.69, 9.17) is 0 Å². The molecule has 0 unspecified atom stereocenters. The smallest absolute Gasteiger partial charge is 0.257 e. The molecule has 1 saturated heterocycles. The van der Waals surface area contributed by atoms with E-state index in [2.05, 4.69) is 21.2 Å². The Morgan fingerprint density at radius 2 is 2.25 bits per heavy atom. The minimum atomic E-state index is -0.142. The van der Waals surface area contributed by atoms with Crippen molar-refractivity contribution in [3.8, 4) is 5.75 Å². The molecule has 1 aliphatic rings. The SMILES string of the molecule is CN(C(=O)c1ccc(Br)cc1O)C1CNC1. The lowest BCUT2D eigenvalue weighted by Gasteiger charge is -2.35. The lowest BCUT2D eigenvalue weighted by molar-refractivity contribution is 0.0678. The van der Waals surface area contributed by atoms with Gasteiger partial charge in [0.2, 0.25) is 0 Å². The first-order valence-corrected chi connectivity index (χ1v) is 5.85. The second-order valence-electron chi connectivity index (χ2n) is 3.89. The molecule has 1 amide bonds. The highest BCUT2D eigenvalue weighted by Gasteiger charge is 2.27. The van der Waals surface area contributed by atoms with E-state index in [1.165, 1.54) is 6.07 Å². The summed E-state index contributed by atoms with van der Waals surface area (Å²) in [7, 11) is 1.76. The number of phenols is 1. The topological polar surface area (TPSA) is 52.6 Å². The molecular formula is C11H13BrN2O2. The quantitative estimate of drug-likeness (QED) is 0.858. The van der Waals surface area contributed by atoms with Gasteiger partial charge in [-0.25, -0.2) is 0 Å². The number of halogens is 1. The highest BCUT2D eigenvalue weighted by atomic mass is 79.9. The molecule has 0 atom stereocenters. The van der Waals surface area contributed by atoms with Crippen molar-refractivity contribution in [2.75, 3.05) is 20.1 Å². The fourth-order valence-corrected chi connectivity index (χ4v) is 1.94. The summed E-state index contributed by atoms with van der Waals surface area (Å²) in [6.07, 6.45) is 0. The Balaban J connectivity index is 2.19. The summed E-state index contributed by atoms with van der Waals surface area (Å²) in [5, 5.41) is 12.8. The number of amides is 1. The van der Waals surface area contributed by atoms with Crippen molar-refractivity contribution in [2.45, 2.75) is 6.04 Å². The average Bonchev–Trinajstić information content (AvgIpc) is 2.14. The van der Waals surface area contributed by atoms with Crippen LogP contribution in [0.15, 0.2) is 22.7 Å². The summed E-state index contributed by atoms with van der Waals surface area (Å²) in [6, 6.07) is 5.14. The van der Waals surface area contributed by atoms with Crippen molar-refractivity contribution < 1.29 is 9.90 Å². The van der Waals surface area contributed by atoms with Crippen LogP contribution in [0, 0.1) is 0 Å². The van der Waals surface area contributed by atoms with E-state index >= 15 is 0 Å². The molecule has 1 aliphatic heterocycles. The maximum absolute atomic E-state index is 12.0. The number of rotatable bonds is 2. The highest BCUT2D eigenvalue weighted by molar-refractivity contribution is 9.10. The number of benzene rings is 1. The molecule has 1 heterocycles. The van der Waals surface area contributed by atoms with Gasteiger partial charge in [0.25, 0.3) is 5.91 Å². The minimum absolute atomic E-state index is 0.0125. The fourth-order valence-electron chi connectivity index (χ4n) is 1.59. The van der Waals surface area contributed by atoms with Crippen LogP contribution in [-0.2, 0) is 0 Å². The molecule has 0 radical (unpaired) electrons. The molecule has 0 aromatic heterocycles. The summed E-state index contributed by atoms with van der Waals surface area (Å²) in [4.78, 5) is 13.7. The Morgan fingerprint density at radius 1 is 1.56 bits per heavy atom. The summed E-state index contributed by atoms with van der Waals surface area (Å²) in [6.45, 7) is 1.64. The van der Waals surface area contributed by atoms with Gasteiger partial charge in [-0.15, -0.1) is 0 Å².